The maximum absolute atomic E-state index is 12.7. The Balaban J connectivity index is 2.13. The first-order chi connectivity index (χ1) is 13.6. The van der Waals surface area contributed by atoms with Crippen LogP contribution in [0.1, 0.15) is 21.5 Å². The molecule has 0 aliphatic rings. The lowest BCUT2D eigenvalue weighted by molar-refractivity contribution is -0.139. The summed E-state index contributed by atoms with van der Waals surface area (Å²) in [5, 5.41) is 12.4. The number of hydrogen-bond donors (Lipinski definition) is 2. The second kappa shape index (κ2) is 9.41. The minimum absolute atomic E-state index is 0.173. The summed E-state index contributed by atoms with van der Waals surface area (Å²) in [6.07, 6.45) is -3.33. The standard InChI is InChI=1S/C18H14BrF3N2O5/c1-28-14-6-11(13(19)7-15(14)29-9-16(25)26)8-23-24-17(27)10-3-2-4-12(5-10)18(20,21)22/h2-8H,9H2,1H3,(H,24,27)(H,25,26). The van der Waals surface area contributed by atoms with E-state index in [1.165, 1.54) is 31.5 Å². The van der Waals surface area contributed by atoms with Crippen molar-refractivity contribution in [1.82, 2.24) is 5.43 Å². The second-order valence-electron chi connectivity index (χ2n) is 5.48. The van der Waals surface area contributed by atoms with Gasteiger partial charge in [0.25, 0.3) is 5.91 Å². The van der Waals surface area contributed by atoms with Crippen LogP contribution in [-0.4, -0.2) is 36.9 Å². The predicted molar refractivity (Wildman–Crippen MR) is 100 cm³/mol. The van der Waals surface area contributed by atoms with Gasteiger partial charge in [-0.25, -0.2) is 10.2 Å². The molecular weight excluding hydrogens is 461 g/mol. The molecule has 0 bridgehead atoms. The molecule has 0 aliphatic heterocycles. The number of hydrazone groups is 1. The molecule has 0 aromatic heterocycles. The van der Waals surface area contributed by atoms with Crippen molar-refractivity contribution in [3.05, 3.63) is 57.6 Å². The SMILES string of the molecule is COc1cc(C=NNC(=O)c2cccc(C(F)(F)F)c2)c(Br)cc1OCC(=O)O. The molecule has 0 saturated heterocycles. The molecule has 0 saturated carbocycles. The Labute approximate surface area is 171 Å². The minimum atomic E-state index is -4.56. The van der Waals surface area contributed by atoms with Crippen molar-refractivity contribution < 1.29 is 37.3 Å². The molecule has 0 heterocycles. The Kier molecular flexibility index (Phi) is 7.21. The predicted octanol–water partition coefficient (Wildman–Crippen LogP) is 3.70. The van der Waals surface area contributed by atoms with Crippen molar-refractivity contribution in [3.8, 4) is 11.5 Å². The molecule has 11 heteroatoms. The number of hydrogen-bond acceptors (Lipinski definition) is 5. The molecule has 0 aliphatic carbocycles. The van der Waals surface area contributed by atoms with Crippen LogP contribution in [0.4, 0.5) is 13.2 Å². The molecule has 2 rings (SSSR count). The van der Waals surface area contributed by atoms with Crippen LogP contribution in [0.2, 0.25) is 0 Å². The Bertz CT molecular complexity index is 948. The monoisotopic (exact) mass is 474 g/mol. The third-order valence-corrected chi connectivity index (χ3v) is 4.14. The molecule has 2 aromatic rings. The zero-order valence-electron chi connectivity index (χ0n) is 14.8. The second-order valence-corrected chi connectivity index (χ2v) is 6.34. The number of carbonyl (C=O) groups excluding carboxylic acids is 1. The number of carboxylic acids is 1. The number of nitrogens with zero attached hydrogens (tertiary/aromatic N) is 1. The molecule has 7 nitrogen and oxygen atoms in total. The number of ether oxygens (including phenoxy) is 2. The van der Waals surface area contributed by atoms with Crippen molar-refractivity contribution in [1.29, 1.82) is 0 Å². The summed E-state index contributed by atoms with van der Waals surface area (Å²) in [7, 11) is 1.35. The van der Waals surface area contributed by atoms with Crippen LogP contribution in [0.25, 0.3) is 0 Å². The first kappa shape index (κ1) is 22.2. The van der Waals surface area contributed by atoms with Crippen LogP contribution >= 0.6 is 15.9 Å². The van der Waals surface area contributed by atoms with Crippen molar-refractivity contribution in [3.63, 3.8) is 0 Å². The lowest BCUT2D eigenvalue weighted by Gasteiger charge is -2.11. The molecule has 0 unspecified atom stereocenters. The van der Waals surface area contributed by atoms with Gasteiger partial charge in [0.1, 0.15) is 0 Å². The van der Waals surface area contributed by atoms with E-state index in [4.69, 9.17) is 14.6 Å². The van der Waals surface area contributed by atoms with Crippen LogP contribution in [0, 0.1) is 0 Å². The molecule has 0 fully saturated rings. The maximum atomic E-state index is 12.7. The molecule has 154 valence electrons. The highest BCUT2D eigenvalue weighted by molar-refractivity contribution is 9.10. The van der Waals surface area contributed by atoms with Gasteiger partial charge in [0.15, 0.2) is 18.1 Å². The van der Waals surface area contributed by atoms with E-state index in [1.54, 1.807) is 0 Å². The van der Waals surface area contributed by atoms with Gasteiger partial charge in [-0.15, -0.1) is 0 Å². The molecule has 29 heavy (non-hydrogen) atoms. The Morgan fingerprint density at radius 1 is 1.24 bits per heavy atom. The van der Waals surface area contributed by atoms with Crippen LogP contribution in [0.3, 0.4) is 0 Å². The van der Waals surface area contributed by atoms with Gasteiger partial charge in [-0.05, 0) is 46.3 Å². The number of carboxylic acid groups (broad SMARTS) is 1. The highest BCUT2D eigenvalue weighted by Crippen LogP contribution is 2.33. The summed E-state index contributed by atoms with van der Waals surface area (Å²) in [5.74, 6) is -1.59. The summed E-state index contributed by atoms with van der Waals surface area (Å²) in [4.78, 5) is 22.6. The Hall–Kier alpha value is -3.08. The Morgan fingerprint density at radius 3 is 2.59 bits per heavy atom. The number of carbonyl (C=O) groups is 2. The zero-order valence-corrected chi connectivity index (χ0v) is 16.4. The van der Waals surface area contributed by atoms with E-state index in [0.29, 0.717) is 10.0 Å². The van der Waals surface area contributed by atoms with Gasteiger partial charge in [-0.1, -0.05) is 6.07 Å². The number of amides is 1. The molecule has 1 amide bonds. The molecule has 0 radical (unpaired) electrons. The third-order valence-electron chi connectivity index (χ3n) is 3.46. The van der Waals surface area contributed by atoms with E-state index in [2.05, 4.69) is 26.5 Å². The number of alkyl halides is 3. The molecule has 2 aromatic carbocycles. The maximum Gasteiger partial charge on any atom is 0.416 e. The van der Waals surface area contributed by atoms with Crippen LogP contribution in [0.5, 0.6) is 11.5 Å². The number of rotatable bonds is 7. The van der Waals surface area contributed by atoms with Crippen molar-refractivity contribution >= 4 is 34.0 Å². The van der Waals surface area contributed by atoms with Gasteiger partial charge < -0.3 is 14.6 Å². The largest absolute Gasteiger partial charge is 0.493 e. The summed E-state index contributed by atoms with van der Waals surface area (Å²) >= 11 is 3.25. The van der Waals surface area contributed by atoms with Gasteiger partial charge in [-0.2, -0.15) is 18.3 Å². The number of aliphatic carboxylic acids is 1. The van der Waals surface area contributed by atoms with Gasteiger partial charge >= 0.3 is 12.1 Å². The van der Waals surface area contributed by atoms with Crippen LogP contribution in [-0.2, 0) is 11.0 Å². The topological polar surface area (TPSA) is 97.2 Å². The Morgan fingerprint density at radius 2 is 1.97 bits per heavy atom. The number of benzene rings is 2. The number of nitrogens with one attached hydrogen (secondary N) is 1. The van der Waals surface area contributed by atoms with Gasteiger partial charge in [0.2, 0.25) is 0 Å². The summed E-state index contributed by atoms with van der Waals surface area (Å²) in [6.45, 7) is -0.566. The van der Waals surface area contributed by atoms with Gasteiger partial charge in [-0.3, -0.25) is 4.79 Å². The third kappa shape index (κ3) is 6.21. The fraction of sp³-hybridized carbons (Fsp3) is 0.167. The van der Waals surface area contributed by atoms with E-state index >= 15 is 0 Å². The average molecular weight is 475 g/mol. The first-order valence-corrected chi connectivity index (χ1v) is 8.64. The molecule has 2 N–H and O–H groups in total. The van der Waals surface area contributed by atoms with Gasteiger partial charge in [0, 0.05) is 15.6 Å². The van der Waals surface area contributed by atoms with Gasteiger partial charge in [0.05, 0.1) is 18.9 Å². The van der Waals surface area contributed by atoms with E-state index in [-0.39, 0.29) is 17.1 Å². The zero-order chi connectivity index (χ0) is 21.6. The van der Waals surface area contributed by atoms with Crippen molar-refractivity contribution in [2.45, 2.75) is 6.18 Å². The molecular formula is C18H14BrF3N2O5. The average Bonchev–Trinajstić information content (AvgIpc) is 2.66. The normalized spacial score (nSPS) is 11.3. The van der Waals surface area contributed by atoms with E-state index in [0.717, 1.165) is 18.2 Å². The van der Waals surface area contributed by atoms with Crippen molar-refractivity contribution in [2.75, 3.05) is 13.7 Å². The van der Waals surface area contributed by atoms with E-state index in [1.807, 2.05) is 0 Å². The molecule has 0 atom stereocenters. The minimum Gasteiger partial charge on any atom is -0.493 e. The van der Waals surface area contributed by atoms with Crippen molar-refractivity contribution in [2.24, 2.45) is 5.10 Å². The lowest BCUT2D eigenvalue weighted by Crippen LogP contribution is -2.18. The fourth-order valence-corrected chi connectivity index (χ4v) is 2.55. The van der Waals surface area contributed by atoms with E-state index < -0.39 is 30.2 Å². The van der Waals surface area contributed by atoms with Crippen LogP contribution in [0.15, 0.2) is 46.0 Å². The van der Waals surface area contributed by atoms with Crippen LogP contribution < -0.4 is 14.9 Å². The number of methoxy groups -OCH3 is 1. The highest BCUT2D eigenvalue weighted by Gasteiger charge is 2.30. The quantitative estimate of drug-likeness (QED) is 0.470. The molecule has 0 spiro atoms. The summed E-state index contributed by atoms with van der Waals surface area (Å²) < 4.78 is 48.9. The summed E-state index contributed by atoms with van der Waals surface area (Å²) in [6, 6.07) is 6.86. The summed E-state index contributed by atoms with van der Waals surface area (Å²) in [5.41, 5.74) is 1.43. The smallest absolute Gasteiger partial charge is 0.416 e. The highest BCUT2D eigenvalue weighted by atomic mass is 79.9. The van der Waals surface area contributed by atoms with E-state index in [9.17, 15) is 22.8 Å². The fourth-order valence-electron chi connectivity index (χ4n) is 2.12. The number of halogens is 4. The first-order valence-electron chi connectivity index (χ1n) is 7.84. The lowest BCUT2D eigenvalue weighted by atomic mass is 10.1.